The second kappa shape index (κ2) is 7.18. The topological polar surface area (TPSA) is 61.8 Å². The van der Waals surface area contributed by atoms with Crippen molar-refractivity contribution in [3.05, 3.63) is 63.9 Å². The number of carbonyl (C=O) groups excluding carboxylic acids is 2. The zero-order valence-electron chi connectivity index (χ0n) is 14.7. The van der Waals surface area contributed by atoms with E-state index in [2.05, 4.69) is 0 Å². The number of ketones is 1. The molecule has 1 saturated heterocycles. The van der Waals surface area contributed by atoms with Gasteiger partial charge in [0.15, 0.2) is 11.9 Å². The lowest BCUT2D eigenvalue weighted by molar-refractivity contribution is -0.144. The molecule has 0 spiro atoms. The van der Waals surface area contributed by atoms with Crippen molar-refractivity contribution in [2.45, 2.75) is 25.9 Å². The van der Waals surface area contributed by atoms with Crippen LogP contribution < -0.4 is 9.47 Å². The van der Waals surface area contributed by atoms with Gasteiger partial charge in [0.1, 0.15) is 11.5 Å². The summed E-state index contributed by atoms with van der Waals surface area (Å²) in [6, 6.07) is 10.4. The smallest absolute Gasteiger partial charge is 0.340 e. The van der Waals surface area contributed by atoms with Crippen molar-refractivity contribution in [2.24, 2.45) is 0 Å². The number of aryl methyl sites for hydroxylation is 1. The Hall–Kier alpha value is -2.63. The third-order valence-corrected chi connectivity index (χ3v) is 4.89. The van der Waals surface area contributed by atoms with E-state index in [0.29, 0.717) is 46.2 Å². The highest BCUT2D eigenvalue weighted by atomic mass is 35.5. The number of esters is 1. The molecule has 2 aromatic rings. The minimum absolute atomic E-state index is 0.184. The maximum atomic E-state index is 12.7. The highest BCUT2D eigenvalue weighted by molar-refractivity contribution is 6.32. The summed E-state index contributed by atoms with van der Waals surface area (Å²) < 4.78 is 16.5. The molecular formula is C21H17ClO5. The van der Waals surface area contributed by atoms with E-state index in [-0.39, 0.29) is 11.5 Å². The van der Waals surface area contributed by atoms with Crippen molar-refractivity contribution < 1.29 is 23.8 Å². The number of allylic oxidation sites excluding steroid dienone is 1. The Bertz CT molecular complexity index is 957. The zero-order chi connectivity index (χ0) is 19.0. The van der Waals surface area contributed by atoms with Gasteiger partial charge in [-0.05, 0) is 49.1 Å². The normalized spacial score (nSPS) is 19.9. The van der Waals surface area contributed by atoms with Crippen LogP contribution in [0.3, 0.4) is 0 Å². The Balaban J connectivity index is 1.60. The van der Waals surface area contributed by atoms with Gasteiger partial charge in [0.25, 0.3) is 0 Å². The molecule has 0 aliphatic carbocycles. The molecule has 0 amide bonds. The summed E-state index contributed by atoms with van der Waals surface area (Å²) in [7, 11) is 0. The van der Waals surface area contributed by atoms with Crippen molar-refractivity contribution in [3.63, 3.8) is 0 Å². The third kappa shape index (κ3) is 3.48. The van der Waals surface area contributed by atoms with E-state index in [0.717, 1.165) is 6.42 Å². The number of halogens is 1. The Morgan fingerprint density at radius 1 is 1.30 bits per heavy atom. The molecule has 27 heavy (non-hydrogen) atoms. The average molecular weight is 385 g/mol. The molecule has 2 aromatic carbocycles. The number of Topliss-reactive ketones (excluding diaryl/α,β-unsaturated/α-hetero) is 1. The van der Waals surface area contributed by atoms with Crippen LogP contribution >= 0.6 is 11.6 Å². The van der Waals surface area contributed by atoms with Crippen molar-refractivity contribution in [1.82, 2.24) is 0 Å². The van der Waals surface area contributed by atoms with Crippen LogP contribution in [-0.2, 0) is 9.53 Å². The molecular weight excluding hydrogens is 368 g/mol. The van der Waals surface area contributed by atoms with E-state index in [9.17, 15) is 9.59 Å². The van der Waals surface area contributed by atoms with Gasteiger partial charge in [-0.25, -0.2) is 4.79 Å². The molecule has 5 nitrogen and oxygen atoms in total. The predicted octanol–water partition coefficient (Wildman–Crippen LogP) is 4.35. The number of rotatable bonds is 3. The lowest BCUT2D eigenvalue weighted by atomic mass is 10.0. The first-order chi connectivity index (χ1) is 13.0. The highest BCUT2D eigenvalue weighted by Gasteiger charge is 2.31. The Morgan fingerprint density at radius 2 is 2.11 bits per heavy atom. The van der Waals surface area contributed by atoms with Gasteiger partial charge >= 0.3 is 5.97 Å². The minimum atomic E-state index is -0.531. The first-order valence-corrected chi connectivity index (χ1v) is 9.07. The predicted molar refractivity (Wildman–Crippen MR) is 100 cm³/mol. The van der Waals surface area contributed by atoms with Gasteiger partial charge in [0.05, 0.1) is 5.56 Å². The van der Waals surface area contributed by atoms with Crippen molar-refractivity contribution in [3.8, 4) is 11.5 Å². The second-order valence-corrected chi connectivity index (χ2v) is 6.90. The van der Waals surface area contributed by atoms with Crippen LogP contribution in [0.1, 0.15) is 34.3 Å². The Labute approximate surface area is 161 Å². The average Bonchev–Trinajstić information content (AvgIpc) is 3.26. The minimum Gasteiger partial charge on any atom is -0.452 e. The molecule has 6 heteroatoms. The van der Waals surface area contributed by atoms with Crippen molar-refractivity contribution in [2.75, 3.05) is 6.61 Å². The van der Waals surface area contributed by atoms with Gasteiger partial charge in [-0.1, -0.05) is 29.8 Å². The SMILES string of the molecule is Cc1cc(OC(=O)C2CCCO2)cc2c1C(=O)/C(=C/c1ccccc1Cl)O2. The molecule has 0 saturated carbocycles. The molecule has 2 aliphatic heterocycles. The number of fused-ring (bicyclic) bond motifs is 1. The quantitative estimate of drug-likeness (QED) is 0.447. The van der Waals surface area contributed by atoms with Gasteiger partial charge in [-0.2, -0.15) is 0 Å². The number of benzene rings is 2. The molecule has 0 radical (unpaired) electrons. The molecule has 0 N–H and O–H groups in total. The van der Waals surface area contributed by atoms with Crippen LogP contribution in [0, 0.1) is 6.92 Å². The van der Waals surface area contributed by atoms with E-state index in [1.807, 2.05) is 12.1 Å². The fourth-order valence-electron chi connectivity index (χ4n) is 3.22. The summed E-state index contributed by atoms with van der Waals surface area (Å²) in [6.45, 7) is 2.35. The molecule has 1 atom stereocenters. The van der Waals surface area contributed by atoms with Gasteiger partial charge < -0.3 is 14.2 Å². The van der Waals surface area contributed by atoms with E-state index >= 15 is 0 Å². The molecule has 2 heterocycles. The second-order valence-electron chi connectivity index (χ2n) is 6.50. The van der Waals surface area contributed by atoms with Gasteiger partial charge in [0, 0.05) is 17.7 Å². The van der Waals surface area contributed by atoms with Crippen LogP contribution in [-0.4, -0.2) is 24.5 Å². The molecule has 0 aromatic heterocycles. The lowest BCUT2D eigenvalue weighted by Gasteiger charge is -2.11. The summed E-state index contributed by atoms with van der Waals surface area (Å²) in [5.41, 5.74) is 1.83. The molecule has 1 unspecified atom stereocenters. The standard InChI is InChI=1S/C21H17ClO5/c1-12-9-14(26-21(24)16-7-4-8-25-16)11-17-19(12)20(23)18(27-17)10-13-5-2-3-6-15(13)22/h2-3,5-6,9-11,16H,4,7-8H2,1H3/b18-10-. The van der Waals surface area contributed by atoms with Crippen LogP contribution in [0.25, 0.3) is 6.08 Å². The van der Waals surface area contributed by atoms with Crippen molar-refractivity contribution in [1.29, 1.82) is 0 Å². The van der Waals surface area contributed by atoms with Gasteiger partial charge in [0.2, 0.25) is 5.78 Å². The third-order valence-electron chi connectivity index (χ3n) is 4.55. The van der Waals surface area contributed by atoms with Crippen LogP contribution in [0.2, 0.25) is 5.02 Å². The summed E-state index contributed by atoms with van der Waals surface area (Å²) in [5.74, 6) is 0.234. The maximum Gasteiger partial charge on any atom is 0.340 e. The largest absolute Gasteiger partial charge is 0.452 e. The van der Waals surface area contributed by atoms with Gasteiger partial charge in [-0.15, -0.1) is 0 Å². The summed E-state index contributed by atoms with van der Waals surface area (Å²) >= 11 is 6.16. The molecule has 138 valence electrons. The number of carbonyl (C=O) groups is 2. The first-order valence-electron chi connectivity index (χ1n) is 8.69. The maximum absolute atomic E-state index is 12.7. The number of hydrogen-bond donors (Lipinski definition) is 0. The Kier molecular flexibility index (Phi) is 4.72. The van der Waals surface area contributed by atoms with E-state index in [4.69, 9.17) is 25.8 Å². The molecule has 4 rings (SSSR count). The zero-order valence-corrected chi connectivity index (χ0v) is 15.4. The van der Waals surface area contributed by atoms with Crippen LogP contribution in [0.15, 0.2) is 42.2 Å². The van der Waals surface area contributed by atoms with E-state index in [1.165, 1.54) is 0 Å². The fraction of sp³-hybridized carbons (Fsp3) is 0.238. The lowest BCUT2D eigenvalue weighted by Crippen LogP contribution is -2.24. The van der Waals surface area contributed by atoms with E-state index in [1.54, 1.807) is 37.3 Å². The fourth-order valence-corrected chi connectivity index (χ4v) is 3.41. The first kappa shape index (κ1) is 17.8. The van der Waals surface area contributed by atoms with Crippen LogP contribution in [0.4, 0.5) is 0 Å². The summed E-state index contributed by atoms with van der Waals surface area (Å²) in [4.78, 5) is 24.9. The summed E-state index contributed by atoms with van der Waals surface area (Å²) in [5, 5.41) is 0.528. The molecule has 2 aliphatic rings. The highest BCUT2D eigenvalue weighted by Crippen LogP contribution is 2.38. The van der Waals surface area contributed by atoms with Crippen LogP contribution in [0.5, 0.6) is 11.5 Å². The molecule has 0 bridgehead atoms. The Morgan fingerprint density at radius 3 is 2.85 bits per heavy atom. The monoisotopic (exact) mass is 384 g/mol. The van der Waals surface area contributed by atoms with Crippen molar-refractivity contribution >= 4 is 29.4 Å². The molecule has 1 fully saturated rings. The number of hydrogen-bond acceptors (Lipinski definition) is 5. The summed E-state index contributed by atoms with van der Waals surface area (Å²) in [6.07, 6.45) is 2.58. The number of ether oxygens (including phenoxy) is 3. The van der Waals surface area contributed by atoms with Gasteiger partial charge in [-0.3, -0.25) is 4.79 Å². The van der Waals surface area contributed by atoms with E-state index < -0.39 is 12.1 Å².